The number of nitrogens with two attached hydrogens (primary N) is 1. The molecule has 1 aromatic carbocycles. The minimum Gasteiger partial charge on any atom is -0.447 e. The molecule has 0 saturated carbocycles. The molecule has 1 aliphatic carbocycles. The van der Waals surface area contributed by atoms with Crippen LogP contribution in [0.2, 0.25) is 5.02 Å². The van der Waals surface area contributed by atoms with E-state index in [2.05, 4.69) is 5.32 Å². The van der Waals surface area contributed by atoms with E-state index in [4.69, 9.17) is 26.5 Å². The Labute approximate surface area is 181 Å². The Morgan fingerprint density at radius 2 is 2.07 bits per heavy atom. The minimum absolute atomic E-state index is 0.00863. The second kappa shape index (κ2) is 7.77. The van der Waals surface area contributed by atoms with Gasteiger partial charge in [0.15, 0.2) is 11.7 Å². The molecule has 1 unspecified atom stereocenters. The number of primary amides is 1. The molecule has 0 saturated heterocycles. The van der Waals surface area contributed by atoms with Gasteiger partial charge < -0.3 is 20.2 Å². The van der Waals surface area contributed by atoms with Crippen molar-refractivity contribution < 1.29 is 23.5 Å². The van der Waals surface area contributed by atoms with Crippen molar-refractivity contribution in [3.8, 4) is 0 Å². The van der Waals surface area contributed by atoms with E-state index in [1.165, 1.54) is 18.3 Å². The number of halogens is 1. The van der Waals surface area contributed by atoms with Crippen LogP contribution in [0, 0.1) is 6.92 Å². The van der Waals surface area contributed by atoms with Crippen LogP contribution in [0.25, 0.3) is 11.0 Å². The summed E-state index contributed by atoms with van der Waals surface area (Å²) >= 11 is 7.46. The van der Waals surface area contributed by atoms with E-state index < -0.39 is 23.9 Å². The van der Waals surface area contributed by atoms with Gasteiger partial charge in [0.25, 0.3) is 11.8 Å². The van der Waals surface area contributed by atoms with Crippen molar-refractivity contribution in [3.63, 3.8) is 0 Å². The second-order valence-electron chi connectivity index (χ2n) is 7.14. The first-order chi connectivity index (χ1) is 14.3. The van der Waals surface area contributed by atoms with Gasteiger partial charge in [0.1, 0.15) is 5.00 Å². The lowest BCUT2D eigenvalue weighted by atomic mass is 10.1. The summed E-state index contributed by atoms with van der Waals surface area (Å²) < 4.78 is 10.9. The van der Waals surface area contributed by atoms with Gasteiger partial charge in [0.05, 0.1) is 10.6 Å². The fraction of sp³-hybridized carbons (Fsp3) is 0.286. The molecule has 1 atom stereocenters. The number of hydrogen-bond acceptors (Lipinski definition) is 6. The highest BCUT2D eigenvalue weighted by Gasteiger charge is 2.29. The maximum Gasteiger partial charge on any atom is 0.375 e. The van der Waals surface area contributed by atoms with E-state index in [1.54, 1.807) is 25.1 Å². The van der Waals surface area contributed by atoms with E-state index in [0.29, 0.717) is 32.1 Å². The standard InChI is InChI=1S/C21H19ClN2O5S/c1-9-11-5-3-7-13(22)17(11)29-16(9)21(27)28-10(2)19(26)24-20-15(18(23)25)12-6-4-8-14(12)30-20/h3,5,7,10H,4,6,8H2,1-2H3,(H2,23,25)(H,24,26). The number of rotatable bonds is 5. The smallest absolute Gasteiger partial charge is 0.375 e. The average Bonchev–Trinajstić information content (AvgIpc) is 3.35. The predicted octanol–water partition coefficient (Wildman–Crippen LogP) is 4.23. The van der Waals surface area contributed by atoms with Crippen molar-refractivity contribution in [2.75, 3.05) is 5.32 Å². The van der Waals surface area contributed by atoms with Gasteiger partial charge in [-0.15, -0.1) is 11.3 Å². The zero-order valence-corrected chi connectivity index (χ0v) is 17.9. The maximum atomic E-state index is 12.6. The van der Waals surface area contributed by atoms with Crippen molar-refractivity contribution in [1.29, 1.82) is 0 Å². The van der Waals surface area contributed by atoms with E-state index in [0.717, 1.165) is 29.7 Å². The molecule has 3 aromatic rings. The second-order valence-corrected chi connectivity index (χ2v) is 8.65. The number of benzene rings is 1. The van der Waals surface area contributed by atoms with Crippen molar-refractivity contribution in [1.82, 2.24) is 0 Å². The number of thiophene rings is 1. The molecule has 4 rings (SSSR count). The summed E-state index contributed by atoms with van der Waals surface area (Å²) in [6, 6.07) is 5.20. The normalized spacial score (nSPS) is 13.8. The van der Waals surface area contributed by atoms with Crippen LogP contribution >= 0.6 is 22.9 Å². The van der Waals surface area contributed by atoms with Crippen molar-refractivity contribution in [2.45, 2.75) is 39.2 Å². The van der Waals surface area contributed by atoms with Crippen molar-refractivity contribution in [3.05, 3.63) is 50.5 Å². The molecule has 2 heterocycles. The Bertz CT molecular complexity index is 1200. The number of aryl methyl sites for hydroxylation is 2. The molecule has 1 aliphatic rings. The summed E-state index contributed by atoms with van der Waals surface area (Å²) in [6.07, 6.45) is 1.47. The molecule has 3 N–H and O–H groups in total. The summed E-state index contributed by atoms with van der Waals surface area (Å²) in [5.74, 6) is -1.92. The summed E-state index contributed by atoms with van der Waals surface area (Å²) in [5.41, 5.74) is 7.74. The van der Waals surface area contributed by atoms with Gasteiger partial charge in [-0.25, -0.2) is 4.79 Å². The predicted molar refractivity (Wildman–Crippen MR) is 114 cm³/mol. The van der Waals surface area contributed by atoms with Gasteiger partial charge >= 0.3 is 5.97 Å². The third-order valence-corrected chi connectivity index (χ3v) is 6.66. The number of hydrogen-bond donors (Lipinski definition) is 2. The van der Waals surface area contributed by atoms with E-state index in [1.807, 2.05) is 0 Å². The lowest BCUT2D eigenvalue weighted by Gasteiger charge is -2.13. The molecule has 2 amide bonds. The number of ether oxygens (including phenoxy) is 1. The fourth-order valence-corrected chi connectivity index (χ4v) is 5.15. The molecule has 0 bridgehead atoms. The Hall–Kier alpha value is -2.84. The number of carbonyl (C=O) groups is 3. The number of fused-ring (bicyclic) bond motifs is 2. The number of anilines is 1. The topological polar surface area (TPSA) is 112 Å². The molecule has 0 fully saturated rings. The quantitative estimate of drug-likeness (QED) is 0.569. The number of carbonyl (C=O) groups excluding carboxylic acids is 3. The Morgan fingerprint density at radius 1 is 1.30 bits per heavy atom. The SMILES string of the molecule is Cc1c(C(=O)OC(C)C(=O)Nc2sc3c(c2C(N)=O)CCC3)oc2c(Cl)cccc12. The Balaban J connectivity index is 1.51. The Morgan fingerprint density at radius 3 is 2.77 bits per heavy atom. The molecule has 2 aromatic heterocycles. The van der Waals surface area contributed by atoms with Gasteiger partial charge in [-0.05, 0) is 44.7 Å². The molecule has 156 valence electrons. The van der Waals surface area contributed by atoms with Crippen molar-refractivity contribution in [2.24, 2.45) is 5.73 Å². The molecular formula is C21H19ClN2O5S. The molecule has 0 radical (unpaired) electrons. The van der Waals surface area contributed by atoms with E-state index >= 15 is 0 Å². The van der Waals surface area contributed by atoms with Gasteiger partial charge in [-0.1, -0.05) is 23.7 Å². The van der Waals surface area contributed by atoms with Crippen LogP contribution in [0.15, 0.2) is 22.6 Å². The first-order valence-corrected chi connectivity index (χ1v) is 10.6. The van der Waals surface area contributed by atoms with Crippen LogP contribution in [-0.2, 0) is 22.4 Å². The highest BCUT2D eigenvalue weighted by molar-refractivity contribution is 7.17. The third kappa shape index (κ3) is 3.46. The first kappa shape index (κ1) is 20.4. The van der Waals surface area contributed by atoms with E-state index in [9.17, 15) is 14.4 Å². The minimum atomic E-state index is -1.11. The molecule has 9 heteroatoms. The number of furan rings is 1. The number of nitrogens with one attached hydrogen (secondary N) is 1. The summed E-state index contributed by atoms with van der Waals surface area (Å²) in [4.78, 5) is 38.1. The lowest BCUT2D eigenvalue weighted by Crippen LogP contribution is -2.30. The first-order valence-electron chi connectivity index (χ1n) is 9.41. The lowest BCUT2D eigenvalue weighted by molar-refractivity contribution is -0.123. The zero-order valence-electron chi connectivity index (χ0n) is 16.3. The van der Waals surface area contributed by atoms with Crippen LogP contribution < -0.4 is 11.1 Å². The van der Waals surface area contributed by atoms with Gasteiger partial charge in [0.2, 0.25) is 5.76 Å². The van der Waals surface area contributed by atoms with Gasteiger partial charge in [0, 0.05) is 15.8 Å². The average molecular weight is 447 g/mol. The van der Waals surface area contributed by atoms with Crippen LogP contribution in [0.1, 0.15) is 50.3 Å². The summed E-state index contributed by atoms with van der Waals surface area (Å²) in [5, 5.41) is 4.15. The molecular weight excluding hydrogens is 428 g/mol. The highest BCUT2D eigenvalue weighted by Crippen LogP contribution is 2.39. The molecule has 30 heavy (non-hydrogen) atoms. The van der Waals surface area contributed by atoms with E-state index in [-0.39, 0.29) is 5.76 Å². The summed E-state index contributed by atoms with van der Waals surface area (Å²) in [6.45, 7) is 3.17. The molecule has 0 spiro atoms. The largest absolute Gasteiger partial charge is 0.447 e. The van der Waals surface area contributed by atoms with Crippen LogP contribution in [0.4, 0.5) is 5.00 Å². The number of esters is 1. The zero-order chi connectivity index (χ0) is 21.6. The monoisotopic (exact) mass is 446 g/mol. The van der Waals surface area contributed by atoms with Crippen molar-refractivity contribution >= 4 is 56.7 Å². The number of amides is 2. The molecule has 0 aliphatic heterocycles. The Kier molecular flexibility index (Phi) is 5.29. The van der Waals surface area contributed by atoms with Crippen LogP contribution in [-0.4, -0.2) is 23.9 Å². The van der Waals surface area contributed by atoms with Crippen LogP contribution in [0.3, 0.4) is 0 Å². The summed E-state index contributed by atoms with van der Waals surface area (Å²) in [7, 11) is 0. The van der Waals surface area contributed by atoms with Crippen LogP contribution in [0.5, 0.6) is 0 Å². The third-order valence-electron chi connectivity index (χ3n) is 5.16. The number of para-hydroxylation sites is 1. The van der Waals surface area contributed by atoms with Gasteiger partial charge in [-0.2, -0.15) is 0 Å². The fourth-order valence-electron chi connectivity index (χ4n) is 3.64. The highest BCUT2D eigenvalue weighted by atomic mass is 35.5. The maximum absolute atomic E-state index is 12.6. The van der Waals surface area contributed by atoms with Gasteiger partial charge in [-0.3, -0.25) is 9.59 Å². The molecule has 7 nitrogen and oxygen atoms in total.